The van der Waals surface area contributed by atoms with Crippen molar-refractivity contribution in [2.75, 3.05) is 27.9 Å². The summed E-state index contributed by atoms with van der Waals surface area (Å²) in [5, 5.41) is 25.1. The van der Waals surface area contributed by atoms with Gasteiger partial charge >= 0.3 is 5.97 Å². The van der Waals surface area contributed by atoms with Crippen molar-refractivity contribution >= 4 is 34.3 Å². The minimum Gasteiger partial charge on any atom is -0.488 e. The van der Waals surface area contributed by atoms with Crippen LogP contribution >= 0.6 is 0 Å². The smallest absolute Gasteiger partial charge is 0.329 e. The number of allylic oxidation sites excluding steroid dienone is 3. The quantitative estimate of drug-likeness (QED) is 0.144. The van der Waals surface area contributed by atoms with Crippen molar-refractivity contribution < 1.29 is 57.8 Å². The summed E-state index contributed by atoms with van der Waals surface area (Å²) in [6.45, 7) is 14.4. The van der Waals surface area contributed by atoms with E-state index in [-0.39, 0.29) is 55.6 Å². The maximum absolute atomic E-state index is 14.6. The molecule has 1 amide bonds. The summed E-state index contributed by atoms with van der Waals surface area (Å²) in [6, 6.07) is 7.09. The van der Waals surface area contributed by atoms with Gasteiger partial charge in [0.15, 0.2) is 0 Å². The molecule has 1 aromatic heterocycles. The second-order valence-electron chi connectivity index (χ2n) is 20.1. The minimum atomic E-state index is -2.51. The predicted molar refractivity (Wildman–Crippen MR) is 254 cm³/mol. The molecule has 372 valence electrons. The fourth-order valence-electron chi connectivity index (χ4n) is 11.2. The van der Waals surface area contributed by atoms with Gasteiger partial charge in [-0.25, -0.2) is 4.79 Å². The van der Waals surface area contributed by atoms with Crippen LogP contribution in [0.3, 0.4) is 0 Å². The van der Waals surface area contributed by atoms with Gasteiger partial charge in [-0.15, -0.1) is 0 Å². The Kier molecular flexibility index (Phi) is 18.1. The van der Waals surface area contributed by atoms with E-state index in [1.54, 1.807) is 35.2 Å². The van der Waals surface area contributed by atoms with Gasteiger partial charge in [-0.3, -0.25) is 14.4 Å². The van der Waals surface area contributed by atoms with Crippen molar-refractivity contribution in [3.8, 4) is 5.75 Å². The standard InChI is InChI=1S/C53H78N2O12/c1-11-37-24-31(3)23-32(4)25-46(63-9)49-47(64-10)27-34(6)53(61,67-49)50(58)51(59)55-21-14-13-15-41(55)52(60)66-48(35(7)42(56)30-43(37)57)33(5)26-36-16-19-44(45(28-36)62-8)65-39-17-18-40-38(29-39)20-22-54(40)12-2/h17-18,20,22,24,26,29,32,34-37,41-42,44-49,56,61H,11-16,19,21,23,25,27-28,30H2,1-10H3. The Hall–Kier alpha value is -3.92. The van der Waals surface area contributed by atoms with E-state index in [4.69, 9.17) is 28.4 Å². The molecule has 14 unspecified atom stereocenters. The molecule has 2 saturated heterocycles. The molecule has 14 nitrogen and oxygen atoms in total. The van der Waals surface area contributed by atoms with Gasteiger partial charge in [-0.2, -0.15) is 0 Å². The number of benzene rings is 1. The van der Waals surface area contributed by atoms with Gasteiger partial charge in [0.05, 0.1) is 24.4 Å². The molecule has 14 heteroatoms. The minimum absolute atomic E-state index is 0.0171. The van der Waals surface area contributed by atoms with Crippen molar-refractivity contribution in [1.29, 1.82) is 0 Å². The Morgan fingerprint density at radius 3 is 2.30 bits per heavy atom. The number of aromatic nitrogens is 1. The number of aliphatic hydroxyl groups excluding tert-OH is 1. The molecule has 1 saturated carbocycles. The van der Waals surface area contributed by atoms with Crippen molar-refractivity contribution in [3.05, 3.63) is 53.8 Å². The van der Waals surface area contributed by atoms with E-state index in [1.165, 1.54) is 4.90 Å². The first-order chi connectivity index (χ1) is 32.0. The Morgan fingerprint density at radius 1 is 0.896 bits per heavy atom. The van der Waals surface area contributed by atoms with Crippen LogP contribution in [0.15, 0.2) is 53.8 Å². The van der Waals surface area contributed by atoms with Crippen LogP contribution in [0.25, 0.3) is 10.9 Å². The molecule has 2 N–H and O–H groups in total. The average Bonchev–Trinajstić information content (AvgIpc) is 3.74. The van der Waals surface area contributed by atoms with Gasteiger partial charge in [-0.05, 0) is 127 Å². The summed E-state index contributed by atoms with van der Waals surface area (Å²) in [6.07, 6.45) is 6.74. The molecule has 2 bridgehead atoms. The summed E-state index contributed by atoms with van der Waals surface area (Å²) in [5.41, 5.74) is 2.85. The molecular weight excluding hydrogens is 857 g/mol. The number of piperidine rings is 1. The van der Waals surface area contributed by atoms with E-state index in [0.717, 1.165) is 35.2 Å². The number of Topliss-reactive ketones (excluding diaryl/α,β-unsaturated/α-hetero) is 2. The second kappa shape index (κ2) is 23.1. The number of nitrogens with zero attached hydrogens (tertiary/aromatic N) is 2. The number of hydrogen-bond donors (Lipinski definition) is 2. The monoisotopic (exact) mass is 935 g/mol. The van der Waals surface area contributed by atoms with E-state index < -0.39 is 77.8 Å². The zero-order valence-corrected chi connectivity index (χ0v) is 41.6. The average molecular weight is 935 g/mol. The van der Waals surface area contributed by atoms with Crippen LogP contribution < -0.4 is 4.74 Å². The number of carbonyl (C=O) groups is 4. The number of carbonyl (C=O) groups excluding carboxylic acids is 4. The van der Waals surface area contributed by atoms with Gasteiger partial charge in [0.2, 0.25) is 5.79 Å². The predicted octanol–water partition coefficient (Wildman–Crippen LogP) is 7.53. The van der Waals surface area contributed by atoms with Crippen LogP contribution in [0.4, 0.5) is 0 Å². The lowest BCUT2D eigenvalue weighted by Crippen LogP contribution is -2.64. The zero-order valence-electron chi connectivity index (χ0n) is 41.6. The zero-order chi connectivity index (χ0) is 48.7. The molecule has 0 spiro atoms. The van der Waals surface area contributed by atoms with E-state index in [0.29, 0.717) is 50.5 Å². The fraction of sp³-hybridized carbons (Fsp3) is 0.698. The highest BCUT2D eigenvalue weighted by Gasteiger charge is 2.56. The molecule has 67 heavy (non-hydrogen) atoms. The summed E-state index contributed by atoms with van der Waals surface area (Å²) in [4.78, 5) is 58.6. The summed E-state index contributed by atoms with van der Waals surface area (Å²) < 4.78 is 39.3. The first kappa shape index (κ1) is 52.5. The van der Waals surface area contributed by atoms with Gasteiger partial charge in [-0.1, -0.05) is 45.4 Å². The summed E-state index contributed by atoms with van der Waals surface area (Å²) >= 11 is 0. The van der Waals surface area contributed by atoms with E-state index >= 15 is 0 Å². The molecule has 1 aromatic carbocycles. The number of esters is 1. The number of methoxy groups -OCH3 is 3. The molecule has 6 rings (SSSR count). The molecule has 3 aliphatic heterocycles. The first-order valence-electron chi connectivity index (χ1n) is 24.8. The van der Waals surface area contributed by atoms with Crippen LogP contribution in [0.5, 0.6) is 5.75 Å². The second-order valence-corrected chi connectivity index (χ2v) is 20.1. The summed E-state index contributed by atoms with van der Waals surface area (Å²) in [7, 11) is 4.77. The third-order valence-electron chi connectivity index (χ3n) is 15.2. The molecular formula is C53H78N2O12. The largest absolute Gasteiger partial charge is 0.488 e. The maximum atomic E-state index is 14.6. The van der Waals surface area contributed by atoms with Crippen LogP contribution in [-0.4, -0.2) is 126 Å². The fourth-order valence-corrected chi connectivity index (χ4v) is 11.2. The van der Waals surface area contributed by atoms with E-state index in [1.807, 2.05) is 32.9 Å². The Morgan fingerprint density at radius 2 is 1.61 bits per heavy atom. The third kappa shape index (κ3) is 11.9. The lowest BCUT2D eigenvalue weighted by Gasteiger charge is -2.47. The van der Waals surface area contributed by atoms with Crippen molar-refractivity contribution in [2.24, 2.45) is 29.6 Å². The SMILES string of the molecule is CCC1C=C(C)CC(C)CC(OC)C2OC(O)(C(=O)C(=O)N3CCCCC3C(=O)OC(C(C)=CC3CCC(Oc4ccc5c(ccn5CC)c4)C(OC)C3)C(C)C(O)CC1=O)C(C)CC2OC. The van der Waals surface area contributed by atoms with Crippen LogP contribution in [0.1, 0.15) is 119 Å². The molecule has 14 atom stereocenters. The van der Waals surface area contributed by atoms with Crippen LogP contribution in [-0.2, 0) is 49.4 Å². The van der Waals surface area contributed by atoms with E-state index in [9.17, 15) is 29.4 Å². The van der Waals surface area contributed by atoms with Gasteiger partial charge in [0, 0.05) is 75.7 Å². The van der Waals surface area contributed by atoms with Crippen molar-refractivity contribution in [3.63, 3.8) is 0 Å². The summed E-state index contributed by atoms with van der Waals surface area (Å²) in [5.74, 6) is -6.70. The normalized spacial score (nSPS) is 35.9. The number of aliphatic hydroxyl groups is 2. The Labute approximate surface area is 397 Å². The van der Waals surface area contributed by atoms with Crippen molar-refractivity contribution in [2.45, 2.75) is 180 Å². The number of hydrogen-bond acceptors (Lipinski definition) is 12. The highest BCUT2D eigenvalue weighted by molar-refractivity contribution is 6.39. The number of cyclic esters (lactones) is 1. The molecule has 2 aromatic rings. The van der Waals surface area contributed by atoms with E-state index in [2.05, 4.69) is 48.9 Å². The number of fused-ring (bicyclic) bond motifs is 4. The van der Waals surface area contributed by atoms with Crippen molar-refractivity contribution in [1.82, 2.24) is 9.47 Å². The van der Waals surface area contributed by atoms with Crippen LogP contribution in [0.2, 0.25) is 0 Å². The molecule has 4 aliphatic rings. The Bertz CT molecular complexity index is 2100. The van der Waals surface area contributed by atoms with Gasteiger partial charge in [0.1, 0.15) is 35.9 Å². The molecule has 0 radical (unpaired) electrons. The molecule has 1 aliphatic carbocycles. The molecule has 3 fully saturated rings. The highest BCUT2D eigenvalue weighted by Crippen LogP contribution is 2.40. The third-order valence-corrected chi connectivity index (χ3v) is 15.2. The number of ether oxygens (including phenoxy) is 6. The highest BCUT2D eigenvalue weighted by atomic mass is 16.7. The maximum Gasteiger partial charge on any atom is 0.329 e. The van der Waals surface area contributed by atoms with Gasteiger partial charge in [0.25, 0.3) is 11.7 Å². The molecule has 4 heterocycles. The number of amides is 1. The Balaban J connectivity index is 1.30. The van der Waals surface area contributed by atoms with Gasteiger partial charge < -0.3 is 48.1 Å². The number of ketones is 2. The lowest BCUT2D eigenvalue weighted by atomic mass is 9.81. The number of aryl methyl sites for hydroxylation is 1. The van der Waals surface area contributed by atoms with Crippen LogP contribution in [0, 0.1) is 29.6 Å². The topological polar surface area (TPSA) is 172 Å². The first-order valence-corrected chi connectivity index (χ1v) is 24.8. The lowest BCUT2D eigenvalue weighted by molar-refractivity contribution is -0.302. The number of rotatable bonds is 9.